The second-order valence-electron chi connectivity index (χ2n) is 5.55. The molecule has 1 aromatic carbocycles. The SMILES string of the molecule is CCC1CCCN1CC(N)c1cc(C)ccc1OC. The molecule has 0 saturated carbocycles. The van der Waals surface area contributed by atoms with Crippen molar-refractivity contribution in [3.8, 4) is 5.75 Å². The zero-order chi connectivity index (χ0) is 13.8. The Morgan fingerprint density at radius 2 is 2.26 bits per heavy atom. The fourth-order valence-corrected chi connectivity index (χ4v) is 3.09. The molecule has 2 N–H and O–H groups in total. The molecule has 106 valence electrons. The highest BCUT2D eigenvalue weighted by atomic mass is 16.5. The summed E-state index contributed by atoms with van der Waals surface area (Å²) in [4.78, 5) is 2.53. The van der Waals surface area contributed by atoms with Gasteiger partial charge in [0.1, 0.15) is 5.75 Å². The average molecular weight is 262 g/mol. The Hall–Kier alpha value is -1.06. The summed E-state index contributed by atoms with van der Waals surface area (Å²) in [7, 11) is 1.71. The van der Waals surface area contributed by atoms with E-state index in [0.717, 1.165) is 17.9 Å². The van der Waals surface area contributed by atoms with Crippen LogP contribution in [0, 0.1) is 6.92 Å². The molecule has 0 spiro atoms. The van der Waals surface area contributed by atoms with Gasteiger partial charge < -0.3 is 10.5 Å². The van der Waals surface area contributed by atoms with Gasteiger partial charge in [-0.25, -0.2) is 0 Å². The van der Waals surface area contributed by atoms with Crippen LogP contribution < -0.4 is 10.5 Å². The molecular weight excluding hydrogens is 236 g/mol. The van der Waals surface area contributed by atoms with E-state index in [0.29, 0.717) is 6.04 Å². The highest BCUT2D eigenvalue weighted by Crippen LogP contribution is 2.28. The number of nitrogens with two attached hydrogens (primary N) is 1. The summed E-state index contributed by atoms with van der Waals surface area (Å²) in [5.74, 6) is 0.908. The molecule has 2 atom stereocenters. The van der Waals surface area contributed by atoms with Crippen LogP contribution in [0.25, 0.3) is 0 Å². The molecular formula is C16H26N2O. The fraction of sp³-hybridized carbons (Fsp3) is 0.625. The molecule has 0 radical (unpaired) electrons. The molecule has 2 unspecified atom stereocenters. The molecule has 3 heteroatoms. The molecule has 1 fully saturated rings. The Morgan fingerprint density at radius 3 is 2.95 bits per heavy atom. The van der Waals surface area contributed by atoms with Crippen molar-refractivity contribution in [2.45, 2.75) is 45.2 Å². The Labute approximate surface area is 116 Å². The number of rotatable bonds is 5. The normalized spacial score (nSPS) is 21.6. The minimum Gasteiger partial charge on any atom is -0.496 e. The molecule has 0 aliphatic carbocycles. The van der Waals surface area contributed by atoms with Crippen LogP contribution in [0.15, 0.2) is 18.2 Å². The van der Waals surface area contributed by atoms with E-state index in [1.54, 1.807) is 7.11 Å². The van der Waals surface area contributed by atoms with E-state index in [4.69, 9.17) is 10.5 Å². The van der Waals surface area contributed by atoms with Gasteiger partial charge in [0, 0.05) is 24.2 Å². The van der Waals surface area contributed by atoms with E-state index in [2.05, 4.69) is 30.9 Å². The fourth-order valence-electron chi connectivity index (χ4n) is 3.09. The van der Waals surface area contributed by atoms with E-state index in [1.807, 2.05) is 6.07 Å². The Balaban J connectivity index is 2.11. The molecule has 1 saturated heterocycles. The van der Waals surface area contributed by atoms with Crippen molar-refractivity contribution in [3.05, 3.63) is 29.3 Å². The van der Waals surface area contributed by atoms with Crippen LogP contribution in [0.4, 0.5) is 0 Å². The summed E-state index contributed by atoms with van der Waals surface area (Å²) < 4.78 is 5.44. The zero-order valence-electron chi connectivity index (χ0n) is 12.4. The molecule has 1 heterocycles. The number of nitrogens with zero attached hydrogens (tertiary/aromatic N) is 1. The van der Waals surface area contributed by atoms with Crippen LogP contribution in [0.1, 0.15) is 43.4 Å². The van der Waals surface area contributed by atoms with Crippen molar-refractivity contribution in [1.29, 1.82) is 0 Å². The van der Waals surface area contributed by atoms with Crippen LogP contribution in [0.3, 0.4) is 0 Å². The Kier molecular flexibility index (Phi) is 4.83. The van der Waals surface area contributed by atoms with Crippen LogP contribution in [0.5, 0.6) is 5.75 Å². The first kappa shape index (κ1) is 14.4. The monoisotopic (exact) mass is 262 g/mol. The second kappa shape index (κ2) is 6.40. The van der Waals surface area contributed by atoms with Gasteiger partial charge >= 0.3 is 0 Å². The van der Waals surface area contributed by atoms with Crippen LogP contribution >= 0.6 is 0 Å². The van der Waals surface area contributed by atoms with E-state index in [9.17, 15) is 0 Å². The maximum Gasteiger partial charge on any atom is 0.123 e. The largest absolute Gasteiger partial charge is 0.496 e. The first-order valence-corrected chi connectivity index (χ1v) is 7.29. The molecule has 0 amide bonds. The highest BCUT2D eigenvalue weighted by Gasteiger charge is 2.25. The van der Waals surface area contributed by atoms with Crippen molar-refractivity contribution in [2.75, 3.05) is 20.2 Å². The predicted octanol–water partition coefficient (Wildman–Crippen LogP) is 2.88. The third-order valence-corrected chi connectivity index (χ3v) is 4.19. The minimum atomic E-state index is 0.0296. The lowest BCUT2D eigenvalue weighted by molar-refractivity contribution is 0.232. The molecule has 1 aliphatic heterocycles. The standard InChI is InChI=1S/C16H26N2O/c1-4-13-6-5-9-18(13)11-15(17)14-10-12(2)7-8-16(14)19-3/h7-8,10,13,15H,4-6,9,11,17H2,1-3H3. The van der Waals surface area contributed by atoms with Gasteiger partial charge in [0.25, 0.3) is 0 Å². The van der Waals surface area contributed by atoms with Crippen molar-refractivity contribution in [2.24, 2.45) is 5.73 Å². The lowest BCUT2D eigenvalue weighted by Crippen LogP contribution is -2.35. The lowest BCUT2D eigenvalue weighted by atomic mass is 10.0. The number of methoxy groups -OCH3 is 1. The molecule has 0 aromatic heterocycles. The molecule has 2 rings (SSSR count). The topological polar surface area (TPSA) is 38.5 Å². The van der Waals surface area contributed by atoms with Crippen LogP contribution in [-0.4, -0.2) is 31.1 Å². The molecule has 0 bridgehead atoms. The number of hydrogen-bond acceptors (Lipinski definition) is 3. The van der Waals surface area contributed by atoms with Gasteiger partial charge in [-0.15, -0.1) is 0 Å². The maximum atomic E-state index is 6.42. The summed E-state index contributed by atoms with van der Waals surface area (Å²) >= 11 is 0. The summed E-state index contributed by atoms with van der Waals surface area (Å²) in [5, 5.41) is 0. The summed E-state index contributed by atoms with van der Waals surface area (Å²) in [5.41, 5.74) is 8.78. The van der Waals surface area contributed by atoms with Crippen molar-refractivity contribution in [3.63, 3.8) is 0 Å². The molecule has 3 nitrogen and oxygen atoms in total. The summed E-state index contributed by atoms with van der Waals surface area (Å²) in [6, 6.07) is 6.98. The van der Waals surface area contributed by atoms with Gasteiger partial charge in [0.2, 0.25) is 0 Å². The predicted molar refractivity (Wildman–Crippen MR) is 79.5 cm³/mol. The number of ether oxygens (including phenoxy) is 1. The van der Waals surface area contributed by atoms with Crippen LogP contribution in [-0.2, 0) is 0 Å². The smallest absolute Gasteiger partial charge is 0.123 e. The number of likely N-dealkylation sites (tertiary alicyclic amines) is 1. The summed E-state index contributed by atoms with van der Waals surface area (Å²) in [6.07, 6.45) is 3.84. The third-order valence-electron chi connectivity index (χ3n) is 4.19. The highest BCUT2D eigenvalue weighted by molar-refractivity contribution is 5.39. The van der Waals surface area contributed by atoms with Gasteiger partial charge in [-0.1, -0.05) is 24.6 Å². The van der Waals surface area contributed by atoms with Crippen LogP contribution in [0.2, 0.25) is 0 Å². The van der Waals surface area contributed by atoms with E-state index < -0.39 is 0 Å². The van der Waals surface area contributed by atoms with Gasteiger partial charge in [0.15, 0.2) is 0 Å². The van der Waals surface area contributed by atoms with Gasteiger partial charge in [0.05, 0.1) is 7.11 Å². The first-order valence-electron chi connectivity index (χ1n) is 7.29. The van der Waals surface area contributed by atoms with Gasteiger partial charge in [-0.2, -0.15) is 0 Å². The summed E-state index contributed by atoms with van der Waals surface area (Å²) in [6.45, 7) is 6.47. The quantitative estimate of drug-likeness (QED) is 0.886. The van der Waals surface area contributed by atoms with Gasteiger partial charge in [-0.05, 0) is 38.8 Å². The minimum absolute atomic E-state index is 0.0296. The first-order chi connectivity index (χ1) is 9.15. The number of hydrogen-bond donors (Lipinski definition) is 1. The number of aryl methyl sites for hydroxylation is 1. The second-order valence-corrected chi connectivity index (χ2v) is 5.55. The Morgan fingerprint density at radius 1 is 1.47 bits per heavy atom. The lowest BCUT2D eigenvalue weighted by Gasteiger charge is -2.27. The third kappa shape index (κ3) is 3.28. The van der Waals surface area contributed by atoms with E-state index >= 15 is 0 Å². The zero-order valence-corrected chi connectivity index (χ0v) is 12.4. The Bertz CT molecular complexity index is 419. The molecule has 19 heavy (non-hydrogen) atoms. The van der Waals surface area contributed by atoms with E-state index in [1.165, 1.54) is 31.4 Å². The van der Waals surface area contributed by atoms with Crippen molar-refractivity contribution >= 4 is 0 Å². The maximum absolute atomic E-state index is 6.42. The van der Waals surface area contributed by atoms with E-state index in [-0.39, 0.29) is 6.04 Å². The molecule has 1 aliphatic rings. The van der Waals surface area contributed by atoms with Crippen molar-refractivity contribution in [1.82, 2.24) is 4.90 Å². The van der Waals surface area contributed by atoms with Crippen molar-refractivity contribution < 1.29 is 4.74 Å². The molecule has 1 aromatic rings. The number of benzene rings is 1. The van der Waals surface area contributed by atoms with Gasteiger partial charge in [-0.3, -0.25) is 4.90 Å². The average Bonchev–Trinajstić information content (AvgIpc) is 2.85.